The fraction of sp³-hybridized carbons (Fsp3) is 0.500. The van der Waals surface area contributed by atoms with Gasteiger partial charge in [-0.05, 0) is 0 Å². The fourth-order valence-electron chi connectivity index (χ4n) is 1.26. The number of nitrogens with zero attached hydrogens (tertiary/aromatic N) is 1. The molecule has 0 amide bonds. The monoisotopic (exact) mass is 153 g/mol. The molecule has 1 aliphatic heterocycles. The molecule has 62 valence electrons. The first kappa shape index (κ1) is 7.98. The van der Waals surface area contributed by atoms with Gasteiger partial charge in [0.15, 0.2) is 0 Å². The highest BCUT2D eigenvalue weighted by molar-refractivity contribution is 5.18. The van der Waals surface area contributed by atoms with Crippen molar-refractivity contribution in [1.29, 1.82) is 0 Å². The molecule has 0 saturated carbocycles. The van der Waals surface area contributed by atoms with Crippen molar-refractivity contribution in [3.63, 3.8) is 0 Å². The zero-order chi connectivity index (χ0) is 8.27. The van der Waals surface area contributed by atoms with E-state index in [0.29, 0.717) is 0 Å². The summed E-state index contributed by atoms with van der Waals surface area (Å²) in [6, 6.07) is 0. The van der Waals surface area contributed by atoms with Crippen molar-refractivity contribution >= 4 is 0 Å². The van der Waals surface area contributed by atoms with E-state index in [9.17, 15) is 0 Å². The van der Waals surface area contributed by atoms with Gasteiger partial charge in [-0.2, -0.15) is 0 Å². The van der Waals surface area contributed by atoms with Crippen molar-refractivity contribution in [1.82, 2.24) is 15.5 Å². The lowest BCUT2D eigenvalue weighted by molar-refractivity contribution is 0.493. The zero-order valence-corrected chi connectivity index (χ0v) is 7.31. The summed E-state index contributed by atoms with van der Waals surface area (Å²) < 4.78 is 0. The molecule has 0 unspecified atom stereocenters. The molecule has 0 atom stereocenters. The third-order valence-corrected chi connectivity index (χ3v) is 1.83. The van der Waals surface area contributed by atoms with Gasteiger partial charge in [0.25, 0.3) is 0 Å². The normalized spacial score (nSPS) is 17.2. The summed E-state index contributed by atoms with van der Waals surface area (Å²) in [7, 11) is 5.90. The number of hydrogen-bond donors (Lipinski definition) is 2. The summed E-state index contributed by atoms with van der Waals surface area (Å²) in [4.78, 5) is 2.06. The molecule has 1 aliphatic rings. The van der Waals surface area contributed by atoms with Crippen LogP contribution in [-0.2, 0) is 0 Å². The summed E-state index contributed by atoms with van der Waals surface area (Å²) in [6.07, 6.45) is 5.18. The van der Waals surface area contributed by atoms with Gasteiger partial charge in [-0.1, -0.05) is 6.08 Å². The number of nitrogens with one attached hydrogen (secondary N) is 2. The molecule has 0 radical (unpaired) electrons. The van der Waals surface area contributed by atoms with Gasteiger partial charge in [0.2, 0.25) is 0 Å². The highest BCUT2D eigenvalue weighted by Gasteiger charge is 2.09. The van der Waals surface area contributed by atoms with E-state index in [1.165, 1.54) is 5.70 Å². The number of allylic oxidation sites excluding steroid dienone is 1. The minimum Gasteiger partial charge on any atom is -0.388 e. The van der Waals surface area contributed by atoms with Crippen LogP contribution in [0, 0.1) is 0 Å². The average molecular weight is 153 g/mol. The average Bonchev–Trinajstić information content (AvgIpc) is 2.04. The molecule has 3 heteroatoms. The van der Waals surface area contributed by atoms with Gasteiger partial charge in [-0.3, -0.25) is 0 Å². The molecule has 1 rings (SSSR count). The third-order valence-electron chi connectivity index (χ3n) is 1.83. The lowest BCUT2D eigenvalue weighted by atomic mass is 10.2. The van der Waals surface area contributed by atoms with Crippen LogP contribution in [0.2, 0.25) is 0 Å². The van der Waals surface area contributed by atoms with Gasteiger partial charge in [0, 0.05) is 33.8 Å². The van der Waals surface area contributed by atoms with Crippen LogP contribution in [0.5, 0.6) is 0 Å². The van der Waals surface area contributed by atoms with Crippen LogP contribution in [0.3, 0.4) is 0 Å². The Morgan fingerprint density at radius 1 is 1.36 bits per heavy atom. The van der Waals surface area contributed by atoms with Crippen molar-refractivity contribution < 1.29 is 0 Å². The number of hydrogen-bond acceptors (Lipinski definition) is 3. The molecule has 3 nitrogen and oxygen atoms in total. The van der Waals surface area contributed by atoms with Gasteiger partial charge >= 0.3 is 0 Å². The van der Waals surface area contributed by atoms with E-state index in [1.54, 1.807) is 0 Å². The van der Waals surface area contributed by atoms with Crippen LogP contribution in [-0.4, -0.2) is 26.0 Å². The van der Waals surface area contributed by atoms with Crippen molar-refractivity contribution in [3.05, 3.63) is 23.8 Å². The SMILES string of the molecule is CNC1=C(NC)N(C)C=CC1. The second-order valence-corrected chi connectivity index (χ2v) is 2.53. The third kappa shape index (κ3) is 1.48. The minimum absolute atomic E-state index is 0.983. The Morgan fingerprint density at radius 2 is 2.09 bits per heavy atom. The molecule has 11 heavy (non-hydrogen) atoms. The molecule has 0 saturated heterocycles. The molecular weight excluding hydrogens is 138 g/mol. The van der Waals surface area contributed by atoms with E-state index in [0.717, 1.165) is 12.2 Å². The summed E-state index contributed by atoms with van der Waals surface area (Å²) in [5, 5.41) is 6.31. The van der Waals surface area contributed by atoms with E-state index in [2.05, 4.69) is 27.8 Å². The van der Waals surface area contributed by atoms with Crippen molar-refractivity contribution in [2.45, 2.75) is 6.42 Å². The first-order valence-electron chi connectivity index (χ1n) is 3.77. The molecule has 1 heterocycles. The zero-order valence-electron chi connectivity index (χ0n) is 7.31. The van der Waals surface area contributed by atoms with E-state index in [1.807, 2.05) is 21.1 Å². The van der Waals surface area contributed by atoms with Crippen LogP contribution in [0.4, 0.5) is 0 Å². The quantitative estimate of drug-likeness (QED) is 0.603. The molecule has 2 N–H and O–H groups in total. The summed E-state index contributed by atoms with van der Waals surface area (Å²) in [5.41, 5.74) is 1.23. The van der Waals surface area contributed by atoms with Crippen LogP contribution < -0.4 is 10.6 Å². The van der Waals surface area contributed by atoms with Gasteiger partial charge in [-0.15, -0.1) is 0 Å². The summed E-state index contributed by atoms with van der Waals surface area (Å²) in [6.45, 7) is 0. The Morgan fingerprint density at radius 3 is 2.55 bits per heavy atom. The Hall–Kier alpha value is -1.12. The van der Waals surface area contributed by atoms with Gasteiger partial charge in [-0.25, -0.2) is 0 Å². The molecule has 0 spiro atoms. The number of rotatable bonds is 2. The fourth-order valence-corrected chi connectivity index (χ4v) is 1.26. The van der Waals surface area contributed by atoms with Crippen LogP contribution in [0.1, 0.15) is 6.42 Å². The van der Waals surface area contributed by atoms with E-state index in [4.69, 9.17) is 0 Å². The largest absolute Gasteiger partial charge is 0.388 e. The Labute approximate surface area is 67.8 Å². The molecule has 0 aliphatic carbocycles. The summed E-state index contributed by atoms with van der Waals surface area (Å²) in [5.74, 6) is 1.15. The first-order valence-corrected chi connectivity index (χ1v) is 3.77. The van der Waals surface area contributed by atoms with Crippen LogP contribution >= 0.6 is 0 Å². The maximum Gasteiger partial charge on any atom is 0.125 e. The lowest BCUT2D eigenvalue weighted by Crippen LogP contribution is -2.29. The second kappa shape index (κ2) is 3.32. The van der Waals surface area contributed by atoms with Crippen LogP contribution in [0.15, 0.2) is 23.8 Å². The Kier molecular flexibility index (Phi) is 2.41. The predicted octanol–water partition coefficient (Wildman–Crippen LogP) is 0.444. The molecule has 0 fully saturated rings. The topological polar surface area (TPSA) is 27.3 Å². The van der Waals surface area contributed by atoms with E-state index >= 15 is 0 Å². The van der Waals surface area contributed by atoms with Crippen molar-refractivity contribution in [2.24, 2.45) is 0 Å². The van der Waals surface area contributed by atoms with Crippen molar-refractivity contribution in [2.75, 3.05) is 21.1 Å². The standard InChI is InChI=1S/C8H15N3/c1-9-7-5-4-6-11(3)8(7)10-2/h4,6,9-10H,5H2,1-3H3. The highest BCUT2D eigenvalue weighted by Crippen LogP contribution is 2.12. The predicted molar refractivity (Wildman–Crippen MR) is 46.7 cm³/mol. The molecule has 0 aromatic heterocycles. The minimum atomic E-state index is 0.983. The molecule has 0 bridgehead atoms. The van der Waals surface area contributed by atoms with Gasteiger partial charge < -0.3 is 15.5 Å². The first-order chi connectivity index (χ1) is 5.29. The highest BCUT2D eigenvalue weighted by atomic mass is 15.2. The smallest absolute Gasteiger partial charge is 0.125 e. The van der Waals surface area contributed by atoms with E-state index < -0.39 is 0 Å². The Balaban J connectivity index is 2.81. The molecular formula is C8H15N3. The molecule has 0 aromatic carbocycles. The lowest BCUT2D eigenvalue weighted by Gasteiger charge is -2.25. The van der Waals surface area contributed by atoms with Crippen LogP contribution in [0.25, 0.3) is 0 Å². The summed E-state index contributed by atoms with van der Waals surface area (Å²) >= 11 is 0. The Bertz CT molecular complexity index is 194. The van der Waals surface area contributed by atoms with E-state index in [-0.39, 0.29) is 0 Å². The maximum absolute atomic E-state index is 3.16. The van der Waals surface area contributed by atoms with Crippen molar-refractivity contribution in [3.8, 4) is 0 Å². The maximum atomic E-state index is 3.16. The second-order valence-electron chi connectivity index (χ2n) is 2.53. The van der Waals surface area contributed by atoms with Gasteiger partial charge in [0.05, 0.1) is 5.70 Å². The molecule has 0 aromatic rings. The van der Waals surface area contributed by atoms with Gasteiger partial charge in [0.1, 0.15) is 5.82 Å².